The lowest BCUT2D eigenvalue weighted by Gasteiger charge is -2.13. The van der Waals surface area contributed by atoms with Crippen molar-refractivity contribution in [2.45, 2.75) is 12.5 Å². The van der Waals surface area contributed by atoms with Crippen molar-refractivity contribution >= 4 is 23.0 Å². The SMILES string of the molecule is COc1ccccc1Oc1cc(NC(=O)C2CC(c3ccc(F)cc3)=NO2)cc([N+](=O)[O-])c1. The fraction of sp³-hybridized carbons (Fsp3) is 0.130. The third kappa shape index (κ3) is 5.06. The highest BCUT2D eigenvalue weighted by atomic mass is 19.1. The Labute approximate surface area is 187 Å². The van der Waals surface area contributed by atoms with Crippen LogP contribution in [-0.2, 0) is 9.63 Å². The van der Waals surface area contributed by atoms with Crippen LogP contribution in [-0.4, -0.2) is 29.8 Å². The number of amides is 1. The molecule has 0 fully saturated rings. The number of benzene rings is 3. The Hall–Kier alpha value is -4.47. The van der Waals surface area contributed by atoms with Gasteiger partial charge in [-0.05, 0) is 29.8 Å². The Morgan fingerprint density at radius 3 is 2.58 bits per heavy atom. The maximum atomic E-state index is 13.1. The van der Waals surface area contributed by atoms with E-state index >= 15 is 0 Å². The minimum absolute atomic E-state index is 0.139. The van der Waals surface area contributed by atoms with E-state index in [1.165, 1.54) is 37.4 Å². The number of methoxy groups -OCH3 is 1. The number of nitro benzene ring substituents is 1. The molecule has 1 aliphatic rings. The number of halogens is 1. The largest absolute Gasteiger partial charge is 0.493 e. The van der Waals surface area contributed by atoms with E-state index in [0.29, 0.717) is 22.8 Å². The number of anilines is 1. The monoisotopic (exact) mass is 451 g/mol. The van der Waals surface area contributed by atoms with Crippen LogP contribution in [0.3, 0.4) is 0 Å². The molecular weight excluding hydrogens is 433 g/mol. The van der Waals surface area contributed by atoms with Gasteiger partial charge >= 0.3 is 0 Å². The lowest BCUT2D eigenvalue weighted by molar-refractivity contribution is -0.384. The number of nitro groups is 1. The number of hydrogen-bond donors (Lipinski definition) is 1. The second-order valence-electron chi connectivity index (χ2n) is 7.06. The van der Waals surface area contributed by atoms with Gasteiger partial charge in [0.15, 0.2) is 11.5 Å². The molecule has 0 spiro atoms. The van der Waals surface area contributed by atoms with Crippen molar-refractivity contribution in [3.8, 4) is 17.2 Å². The van der Waals surface area contributed by atoms with E-state index in [9.17, 15) is 19.3 Å². The van der Waals surface area contributed by atoms with Crippen molar-refractivity contribution < 1.29 is 28.4 Å². The predicted molar refractivity (Wildman–Crippen MR) is 117 cm³/mol. The third-order valence-electron chi connectivity index (χ3n) is 4.81. The fourth-order valence-electron chi connectivity index (χ4n) is 3.20. The summed E-state index contributed by atoms with van der Waals surface area (Å²) >= 11 is 0. The van der Waals surface area contributed by atoms with Gasteiger partial charge in [-0.25, -0.2) is 4.39 Å². The van der Waals surface area contributed by atoms with Gasteiger partial charge < -0.3 is 19.6 Å². The Morgan fingerprint density at radius 2 is 1.88 bits per heavy atom. The number of non-ortho nitro benzene ring substituents is 1. The van der Waals surface area contributed by atoms with E-state index in [1.807, 2.05) is 0 Å². The number of oxime groups is 1. The van der Waals surface area contributed by atoms with Crippen molar-refractivity contribution in [2.75, 3.05) is 12.4 Å². The molecular formula is C23H18FN3O6. The highest BCUT2D eigenvalue weighted by Gasteiger charge is 2.29. The Balaban J connectivity index is 1.50. The summed E-state index contributed by atoms with van der Waals surface area (Å²) in [4.78, 5) is 28.7. The summed E-state index contributed by atoms with van der Waals surface area (Å²) in [6.45, 7) is 0. The molecule has 10 heteroatoms. The summed E-state index contributed by atoms with van der Waals surface area (Å²) in [5.74, 6) is 0.0113. The summed E-state index contributed by atoms with van der Waals surface area (Å²) in [7, 11) is 1.48. The zero-order valence-electron chi connectivity index (χ0n) is 17.4. The van der Waals surface area contributed by atoms with Crippen LogP contribution < -0.4 is 14.8 Å². The van der Waals surface area contributed by atoms with Gasteiger partial charge in [0.25, 0.3) is 11.6 Å². The summed E-state index contributed by atoms with van der Waals surface area (Å²) < 4.78 is 24.1. The lowest BCUT2D eigenvalue weighted by atomic mass is 10.0. The van der Waals surface area contributed by atoms with E-state index in [4.69, 9.17) is 14.3 Å². The fourth-order valence-corrected chi connectivity index (χ4v) is 3.20. The highest BCUT2D eigenvalue weighted by molar-refractivity contribution is 6.06. The van der Waals surface area contributed by atoms with Gasteiger partial charge in [-0.3, -0.25) is 14.9 Å². The molecule has 9 nitrogen and oxygen atoms in total. The van der Waals surface area contributed by atoms with Crippen LogP contribution in [0.2, 0.25) is 0 Å². The molecule has 0 saturated heterocycles. The molecule has 0 radical (unpaired) electrons. The normalized spacial score (nSPS) is 14.7. The number of para-hydroxylation sites is 2. The van der Waals surface area contributed by atoms with Crippen LogP contribution in [0.4, 0.5) is 15.8 Å². The number of rotatable bonds is 7. The zero-order chi connectivity index (χ0) is 23.4. The topological polar surface area (TPSA) is 112 Å². The number of hydrogen-bond acceptors (Lipinski definition) is 7. The number of carbonyl (C=O) groups is 1. The predicted octanol–water partition coefficient (Wildman–Crippen LogP) is 4.67. The standard InChI is InChI=1S/C23H18FN3O6/c1-31-20-4-2-3-5-21(20)32-18-11-16(10-17(12-18)27(29)30)25-23(28)22-13-19(26-33-22)14-6-8-15(24)9-7-14/h2-12,22H,13H2,1H3,(H,25,28). The van der Waals surface area contributed by atoms with Gasteiger partial charge in [0.1, 0.15) is 11.6 Å². The van der Waals surface area contributed by atoms with E-state index in [-0.39, 0.29) is 29.4 Å². The summed E-state index contributed by atoms with van der Waals surface area (Å²) in [6, 6.07) is 16.4. The molecule has 1 N–H and O–H groups in total. The molecule has 3 aromatic rings. The average molecular weight is 451 g/mol. The molecule has 0 bridgehead atoms. The van der Waals surface area contributed by atoms with Crippen molar-refractivity contribution in [2.24, 2.45) is 5.16 Å². The van der Waals surface area contributed by atoms with E-state index in [1.54, 1.807) is 36.4 Å². The molecule has 1 aliphatic heterocycles. The van der Waals surface area contributed by atoms with Gasteiger partial charge in [-0.1, -0.05) is 29.4 Å². The first-order valence-corrected chi connectivity index (χ1v) is 9.83. The van der Waals surface area contributed by atoms with E-state index in [2.05, 4.69) is 10.5 Å². The summed E-state index contributed by atoms with van der Waals surface area (Å²) in [6.07, 6.45) is -0.778. The number of nitrogens with zero attached hydrogens (tertiary/aromatic N) is 2. The van der Waals surface area contributed by atoms with Gasteiger partial charge in [0.2, 0.25) is 6.10 Å². The minimum Gasteiger partial charge on any atom is -0.493 e. The van der Waals surface area contributed by atoms with Crippen LogP contribution in [0.25, 0.3) is 0 Å². The number of ether oxygens (including phenoxy) is 2. The van der Waals surface area contributed by atoms with Gasteiger partial charge in [-0.2, -0.15) is 0 Å². The van der Waals surface area contributed by atoms with Crippen LogP contribution in [0.5, 0.6) is 17.2 Å². The molecule has 0 saturated carbocycles. The second-order valence-corrected chi connectivity index (χ2v) is 7.06. The van der Waals surface area contributed by atoms with E-state index < -0.39 is 16.9 Å². The molecule has 0 aliphatic carbocycles. The van der Waals surface area contributed by atoms with Crippen molar-refractivity contribution in [3.63, 3.8) is 0 Å². The Bertz CT molecular complexity index is 1230. The summed E-state index contributed by atoms with van der Waals surface area (Å²) in [5, 5.41) is 17.9. The van der Waals surface area contributed by atoms with Crippen LogP contribution in [0, 0.1) is 15.9 Å². The van der Waals surface area contributed by atoms with Crippen molar-refractivity contribution in [1.29, 1.82) is 0 Å². The Kier molecular flexibility index (Phi) is 6.16. The van der Waals surface area contributed by atoms with Gasteiger partial charge in [0, 0.05) is 18.6 Å². The lowest BCUT2D eigenvalue weighted by Crippen LogP contribution is -2.28. The minimum atomic E-state index is -0.942. The first kappa shape index (κ1) is 21.8. The van der Waals surface area contributed by atoms with Gasteiger partial charge in [-0.15, -0.1) is 0 Å². The molecule has 1 atom stereocenters. The average Bonchev–Trinajstić information content (AvgIpc) is 3.30. The molecule has 1 unspecified atom stereocenters. The zero-order valence-corrected chi connectivity index (χ0v) is 17.4. The molecule has 0 aromatic heterocycles. The van der Waals surface area contributed by atoms with Crippen LogP contribution in [0.15, 0.2) is 71.9 Å². The molecule has 4 rings (SSSR count). The molecule has 168 valence electrons. The molecule has 1 heterocycles. The van der Waals surface area contributed by atoms with E-state index in [0.717, 1.165) is 0 Å². The third-order valence-corrected chi connectivity index (χ3v) is 4.81. The summed E-state index contributed by atoms with van der Waals surface area (Å²) in [5.41, 5.74) is 1.01. The van der Waals surface area contributed by atoms with Crippen molar-refractivity contribution in [1.82, 2.24) is 0 Å². The number of nitrogens with one attached hydrogen (secondary N) is 1. The van der Waals surface area contributed by atoms with Crippen LogP contribution in [0.1, 0.15) is 12.0 Å². The molecule has 1 amide bonds. The highest BCUT2D eigenvalue weighted by Crippen LogP contribution is 2.34. The molecule has 3 aromatic carbocycles. The number of carbonyl (C=O) groups excluding carboxylic acids is 1. The first-order valence-electron chi connectivity index (χ1n) is 9.83. The molecule has 33 heavy (non-hydrogen) atoms. The van der Waals surface area contributed by atoms with Gasteiger partial charge in [0.05, 0.1) is 29.5 Å². The second kappa shape index (κ2) is 9.35. The smallest absolute Gasteiger partial charge is 0.275 e. The van der Waals surface area contributed by atoms with Crippen molar-refractivity contribution in [3.05, 3.63) is 88.2 Å². The maximum absolute atomic E-state index is 13.1. The Morgan fingerprint density at radius 1 is 1.15 bits per heavy atom. The quantitative estimate of drug-likeness (QED) is 0.413. The van der Waals surface area contributed by atoms with Crippen LogP contribution >= 0.6 is 0 Å². The first-order chi connectivity index (χ1) is 15.9. The maximum Gasteiger partial charge on any atom is 0.275 e.